The maximum absolute atomic E-state index is 12.5. The van der Waals surface area contributed by atoms with Crippen molar-refractivity contribution in [1.29, 1.82) is 0 Å². The Kier molecular flexibility index (Phi) is 5.64. The van der Waals surface area contributed by atoms with Crippen LogP contribution in [0.2, 0.25) is 0 Å². The molecular formula is C21H21N3O3S2. The molecule has 0 saturated carbocycles. The van der Waals surface area contributed by atoms with E-state index in [1.807, 2.05) is 48.7 Å². The normalized spacial score (nSPS) is 15.7. The third-order valence-electron chi connectivity index (χ3n) is 4.63. The number of carbonyl (C=O) groups excluding carboxylic acids is 2. The number of amides is 2. The van der Waals surface area contributed by atoms with Gasteiger partial charge in [-0.3, -0.25) is 9.59 Å². The molecule has 6 nitrogen and oxygen atoms in total. The molecule has 0 aliphatic carbocycles. The Morgan fingerprint density at radius 2 is 2.10 bits per heavy atom. The molecule has 1 aromatic carbocycles. The van der Waals surface area contributed by atoms with Crippen molar-refractivity contribution in [3.8, 4) is 16.3 Å². The molecule has 2 aromatic heterocycles. The first kappa shape index (κ1) is 19.6. The van der Waals surface area contributed by atoms with Crippen LogP contribution < -0.4 is 15.0 Å². The Bertz CT molecular complexity index is 1040. The Labute approximate surface area is 177 Å². The average Bonchev–Trinajstić information content (AvgIpc) is 3.35. The second kappa shape index (κ2) is 8.34. The van der Waals surface area contributed by atoms with Crippen LogP contribution in [0.4, 0.5) is 5.69 Å². The SMILES string of the molecule is Cc1nc(-c2ccc(CNC(=O)CCN3C(=O)C(C)Oc4ccccc43)s2)cs1. The molecule has 1 atom stereocenters. The summed E-state index contributed by atoms with van der Waals surface area (Å²) in [4.78, 5) is 33.1. The summed E-state index contributed by atoms with van der Waals surface area (Å²) in [5.74, 6) is 0.454. The van der Waals surface area contributed by atoms with Gasteiger partial charge in [0.25, 0.3) is 5.91 Å². The summed E-state index contributed by atoms with van der Waals surface area (Å²) in [5.41, 5.74) is 1.69. The van der Waals surface area contributed by atoms with Crippen molar-refractivity contribution in [2.24, 2.45) is 0 Å². The van der Waals surface area contributed by atoms with Gasteiger partial charge in [0.15, 0.2) is 6.10 Å². The van der Waals surface area contributed by atoms with E-state index < -0.39 is 6.10 Å². The average molecular weight is 428 g/mol. The molecule has 8 heteroatoms. The van der Waals surface area contributed by atoms with Crippen LogP contribution in [0, 0.1) is 6.92 Å². The van der Waals surface area contributed by atoms with Gasteiger partial charge in [-0.25, -0.2) is 4.98 Å². The molecule has 4 rings (SSSR count). The fraction of sp³-hybridized carbons (Fsp3) is 0.286. The summed E-state index contributed by atoms with van der Waals surface area (Å²) in [6, 6.07) is 11.4. The molecule has 150 valence electrons. The molecule has 2 amide bonds. The maximum atomic E-state index is 12.5. The number of rotatable bonds is 6. The number of carbonyl (C=O) groups is 2. The minimum atomic E-state index is -0.549. The first-order valence-electron chi connectivity index (χ1n) is 9.36. The Morgan fingerprint density at radius 3 is 2.90 bits per heavy atom. The standard InChI is InChI=1S/C21H21N3O3S2/c1-13-21(26)24(17-5-3-4-6-18(17)27-13)10-9-20(25)22-11-15-7-8-19(29-15)16-12-28-14(2)23-16/h3-8,12-13H,9-11H2,1-2H3,(H,22,25). The van der Waals surface area contributed by atoms with Gasteiger partial charge in [0.05, 0.1) is 27.8 Å². The molecule has 1 aliphatic heterocycles. The van der Waals surface area contributed by atoms with Gasteiger partial charge in [0, 0.05) is 23.2 Å². The summed E-state index contributed by atoms with van der Waals surface area (Å²) in [6.07, 6.45) is -0.317. The number of thiophene rings is 1. The predicted molar refractivity (Wildman–Crippen MR) is 116 cm³/mol. The van der Waals surface area contributed by atoms with Gasteiger partial charge in [-0.1, -0.05) is 12.1 Å². The molecule has 3 aromatic rings. The fourth-order valence-electron chi connectivity index (χ4n) is 3.16. The zero-order valence-corrected chi connectivity index (χ0v) is 17.8. The van der Waals surface area contributed by atoms with Gasteiger partial charge in [-0.05, 0) is 38.1 Å². The van der Waals surface area contributed by atoms with E-state index in [2.05, 4.69) is 10.3 Å². The Balaban J connectivity index is 1.33. The number of nitrogens with one attached hydrogen (secondary N) is 1. The summed E-state index contributed by atoms with van der Waals surface area (Å²) >= 11 is 3.25. The molecule has 0 bridgehead atoms. The third-order valence-corrected chi connectivity index (χ3v) is 6.51. The van der Waals surface area contributed by atoms with Gasteiger partial charge in [-0.2, -0.15) is 0 Å². The van der Waals surface area contributed by atoms with E-state index in [-0.39, 0.29) is 18.2 Å². The summed E-state index contributed by atoms with van der Waals surface area (Å²) in [5, 5.41) is 6.03. The second-order valence-corrected chi connectivity index (χ2v) is 8.99. The van der Waals surface area contributed by atoms with E-state index in [1.54, 1.807) is 34.5 Å². The molecule has 0 spiro atoms. The van der Waals surface area contributed by atoms with Gasteiger partial charge in [0.2, 0.25) is 5.91 Å². The molecule has 29 heavy (non-hydrogen) atoms. The first-order chi connectivity index (χ1) is 14.0. The van der Waals surface area contributed by atoms with Crippen molar-refractivity contribution < 1.29 is 14.3 Å². The van der Waals surface area contributed by atoms with Crippen LogP contribution >= 0.6 is 22.7 Å². The van der Waals surface area contributed by atoms with Gasteiger partial charge in [0.1, 0.15) is 5.75 Å². The summed E-state index contributed by atoms with van der Waals surface area (Å²) in [6.45, 7) is 4.50. The van der Waals surface area contributed by atoms with E-state index in [4.69, 9.17) is 4.74 Å². The topological polar surface area (TPSA) is 71.5 Å². The summed E-state index contributed by atoms with van der Waals surface area (Å²) < 4.78 is 5.63. The highest BCUT2D eigenvalue weighted by Crippen LogP contribution is 2.33. The highest BCUT2D eigenvalue weighted by atomic mass is 32.1. The zero-order chi connectivity index (χ0) is 20.4. The number of para-hydroxylation sites is 2. The van der Waals surface area contributed by atoms with Crippen LogP contribution in [0.5, 0.6) is 5.75 Å². The minimum absolute atomic E-state index is 0.0890. The number of anilines is 1. The van der Waals surface area contributed by atoms with Crippen LogP contribution in [-0.2, 0) is 16.1 Å². The van der Waals surface area contributed by atoms with Crippen molar-refractivity contribution in [3.05, 3.63) is 51.7 Å². The second-order valence-electron chi connectivity index (χ2n) is 6.76. The van der Waals surface area contributed by atoms with Crippen molar-refractivity contribution >= 4 is 40.2 Å². The van der Waals surface area contributed by atoms with Gasteiger partial charge in [-0.15, -0.1) is 22.7 Å². The van der Waals surface area contributed by atoms with Gasteiger partial charge >= 0.3 is 0 Å². The fourth-order valence-corrected chi connectivity index (χ4v) is 4.76. The Hall–Kier alpha value is -2.71. The predicted octanol–water partition coefficient (Wildman–Crippen LogP) is 4.00. The molecule has 1 N–H and O–H groups in total. The van der Waals surface area contributed by atoms with E-state index in [0.717, 1.165) is 20.5 Å². The van der Waals surface area contributed by atoms with Crippen LogP contribution in [0.3, 0.4) is 0 Å². The maximum Gasteiger partial charge on any atom is 0.267 e. The smallest absolute Gasteiger partial charge is 0.267 e. The number of benzene rings is 1. The molecule has 0 saturated heterocycles. The molecular weight excluding hydrogens is 406 g/mol. The van der Waals surface area contributed by atoms with Crippen LogP contribution in [0.1, 0.15) is 23.2 Å². The van der Waals surface area contributed by atoms with Crippen LogP contribution in [0.15, 0.2) is 41.8 Å². The highest BCUT2D eigenvalue weighted by Gasteiger charge is 2.31. The highest BCUT2D eigenvalue weighted by molar-refractivity contribution is 7.16. The lowest BCUT2D eigenvalue weighted by Gasteiger charge is -2.32. The molecule has 3 heterocycles. The quantitative estimate of drug-likeness (QED) is 0.645. The van der Waals surface area contributed by atoms with E-state index in [0.29, 0.717) is 24.5 Å². The number of hydrogen-bond donors (Lipinski definition) is 1. The molecule has 0 fully saturated rings. The number of hydrogen-bond acceptors (Lipinski definition) is 6. The van der Waals surface area contributed by atoms with Crippen molar-refractivity contribution in [2.45, 2.75) is 32.9 Å². The summed E-state index contributed by atoms with van der Waals surface area (Å²) in [7, 11) is 0. The lowest BCUT2D eigenvalue weighted by Crippen LogP contribution is -2.45. The number of aryl methyl sites for hydroxylation is 1. The number of thiazole rings is 1. The van der Waals surface area contributed by atoms with Gasteiger partial charge < -0.3 is 15.0 Å². The molecule has 1 aliphatic rings. The van der Waals surface area contributed by atoms with Crippen LogP contribution in [-0.4, -0.2) is 29.4 Å². The molecule has 0 radical (unpaired) electrons. The van der Waals surface area contributed by atoms with Crippen molar-refractivity contribution in [2.75, 3.05) is 11.4 Å². The number of aromatic nitrogens is 1. The van der Waals surface area contributed by atoms with Crippen molar-refractivity contribution in [1.82, 2.24) is 10.3 Å². The monoisotopic (exact) mass is 427 g/mol. The van der Waals surface area contributed by atoms with E-state index >= 15 is 0 Å². The zero-order valence-electron chi connectivity index (χ0n) is 16.2. The Morgan fingerprint density at radius 1 is 1.28 bits per heavy atom. The minimum Gasteiger partial charge on any atom is -0.479 e. The molecule has 1 unspecified atom stereocenters. The number of fused-ring (bicyclic) bond motifs is 1. The first-order valence-corrected chi connectivity index (χ1v) is 11.1. The van der Waals surface area contributed by atoms with Crippen molar-refractivity contribution in [3.63, 3.8) is 0 Å². The number of nitrogens with zero attached hydrogens (tertiary/aromatic N) is 2. The van der Waals surface area contributed by atoms with Crippen LogP contribution in [0.25, 0.3) is 10.6 Å². The third kappa shape index (κ3) is 4.33. The lowest BCUT2D eigenvalue weighted by atomic mass is 10.1. The number of ether oxygens (including phenoxy) is 1. The van der Waals surface area contributed by atoms with E-state index in [9.17, 15) is 9.59 Å². The lowest BCUT2D eigenvalue weighted by molar-refractivity contribution is -0.125. The largest absolute Gasteiger partial charge is 0.479 e. The van der Waals surface area contributed by atoms with E-state index in [1.165, 1.54) is 0 Å².